The van der Waals surface area contributed by atoms with Gasteiger partial charge >= 0.3 is 0 Å². The van der Waals surface area contributed by atoms with E-state index >= 15 is 0 Å². The third-order valence-corrected chi connectivity index (χ3v) is 4.46. The highest BCUT2D eigenvalue weighted by Crippen LogP contribution is 2.29. The largest absolute Gasteiger partial charge is 0.490 e. The van der Waals surface area contributed by atoms with Crippen LogP contribution in [0.1, 0.15) is 32.6 Å². The van der Waals surface area contributed by atoms with Gasteiger partial charge < -0.3 is 10.5 Å². The van der Waals surface area contributed by atoms with E-state index in [2.05, 4.69) is 6.92 Å². The van der Waals surface area contributed by atoms with Crippen molar-refractivity contribution < 1.29 is 13.2 Å². The third kappa shape index (κ3) is 3.61. The molecule has 0 bridgehead atoms. The molecule has 19 heavy (non-hydrogen) atoms. The Balaban J connectivity index is 2.12. The first-order valence-electron chi connectivity index (χ1n) is 6.45. The summed E-state index contributed by atoms with van der Waals surface area (Å²) in [4.78, 5) is -0.0585. The summed E-state index contributed by atoms with van der Waals surface area (Å²) in [6.07, 6.45) is 4.64. The summed E-state index contributed by atoms with van der Waals surface area (Å²) < 4.78 is 28.4. The Hall–Kier alpha value is -1.27. The van der Waals surface area contributed by atoms with E-state index in [0.29, 0.717) is 11.7 Å². The van der Waals surface area contributed by atoms with Crippen molar-refractivity contribution in [1.29, 1.82) is 0 Å². The zero-order valence-electron chi connectivity index (χ0n) is 11.0. The molecule has 1 aromatic rings. The van der Waals surface area contributed by atoms with Gasteiger partial charge in [-0.3, -0.25) is 0 Å². The van der Waals surface area contributed by atoms with Crippen LogP contribution in [-0.4, -0.2) is 14.5 Å². The Labute approximate surface area is 114 Å². The summed E-state index contributed by atoms with van der Waals surface area (Å²) in [7, 11) is -3.77. The van der Waals surface area contributed by atoms with Crippen molar-refractivity contribution >= 4 is 15.7 Å². The summed E-state index contributed by atoms with van der Waals surface area (Å²) in [5.74, 6) is 1.27. The average Bonchev–Trinajstić information content (AvgIpc) is 2.27. The van der Waals surface area contributed by atoms with Crippen molar-refractivity contribution in [3.63, 3.8) is 0 Å². The fourth-order valence-electron chi connectivity index (χ4n) is 2.54. The van der Waals surface area contributed by atoms with Gasteiger partial charge in [-0.15, -0.1) is 0 Å². The Morgan fingerprint density at radius 1 is 1.32 bits per heavy atom. The Morgan fingerprint density at radius 2 is 2.05 bits per heavy atom. The molecule has 1 fully saturated rings. The first-order valence-corrected chi connectivity index (χ1v) is 8.00. The molecule has 0 amide bonds. The molecule has 2 unspecified atom stereocenters. The lowest BCUT2D eigenvalue weighted by Crippen LogP contribution is -2.24. The van der Waals surface area contributed by atoms with E-state index in [0.717, 1.165) is 19.3 Å². The molecule has 0 heterocycles. The molecule has 0 aromatic heterocycles. The lowest BCUT2D eigenvalue weighted by atomic mass is 9.89. The van der Waals surface area contributed by atoms with Crippen molar-refractivity contribution in [2.45, 2.75) is 43.6 Å². The minimum atomic E-state index is -3.77. The number of ether oxygens (including phenoxy) is 1. The molecule has 2 atom stereocenters. The molecular formula is C13H20N2O3S. The summed E-state index contributed by atoms with van der Waals surface area (Å²) in [5, 5.41) is 5.06. The number of hydrogen-bond acceptors (Lipinski definition) is 4. The molecule has 2 rings (SSSR count). The van der Waals surface area contributed by atoms with Gasteiger partial charge in [0, 0.05) is 6.07 Å². The SMILES string of the molecule is CC1CCCC(Oc2ccc(S(N)(=O)=O)c(N)c2)C1. The smallest absolute Gasteiger partial charge is 0.240 e. The van der Waals surface area contributed by atoms with Crippen LogP contribution in [0.2, 0.25) is 0 Å². The first-order chi connectivity index (χ1) is 8.86. The van der Waals surface area contributed by atoms with Gasteiger partial charge in [0.2, 0.25) is 10.0 Å². The van der Waals surface area contributed by atoms with Gasteiger partial charge in [-0.2, -0.15) is 0 Å². The highest BCUT2D eigenvalue weighted by atomic mass is 32.2. The monoisotopic (exact) mass is 284 g/mol. The van der Waals surface area contributed by atoms with Gasteiger partial charge in [0.15, 0.2) is 0 Å². The second-order valence-corrected chi connectivity index (χ2v) is 6.79. The van der Waals surface area contributed by atoms with Gasteiger partial charge in [0.1, 0.15) is 10.6 Å². The van der Waals surface area contributed by atoms with Crippen molar-refractivity contribution in [3.05, 3.63) is 18.2 Å². The van der Waals surface area contributed by atoms with Crippen molar-refractivity contribution in [2.75, 3.05) is 5.73 Å². The number of rotatable bonds is 3. The summed E-state index contributed by atoms with van der Waals surface area (Å²) >= 11 is 0. The summed E-state index contributed by atoms with van der Waals surface area (Å²) in [6, 6.07) is 4.53. The zero-order valence-corrected chi connectivity index (χ0v) is 11.8. The maximum absolute atomic E-state index is 11.3. The normalized spacial score (nSPS) is 24.1. The minimum absolute atomic E-state index is 0.0585. The van der Waals surface area contributed by atoms with Crippen LogP contribution in [0.3, 0.4) is 0 Å². The molecule has 0 saturated heterocycles. The Morgan fingerprint density at radius 3 is 2.63 bits per heavy atom. The second kappa shape index (κ2) is 5.38. The lowest BCUT2D eigenvalue weighted by Gasteiger charge is -2.27. The molecule has 1 saturated carbocycles. The van der Waals surface area contributed by atoms with Gasteiger partial charge in [-0.25, -0.2) is 13.6 Å². The third-order valence-electron chi connectivity index (χ3n) is 3.48. The molecule has 1 aliphatic rings. The molecule has 5 nitrogen and oxygen atoms in total. The van der Waals surface area contributed by atoms with E-state index in [1.165, 1.54) is 18.6 Å². The number of primary sulfonamides is 1. The average molecular weight is 284 g/mol. The molecule has 0 spiro atoms. The van der Waals surface area contributed by atoms with E-state index in [4.69, 9.17) is 15.6 Å². The van der Waals surface area contributed by atoms with E-state index < -0.39 is 10.0 Å². The number of benzene rings is 1. The highest BCUT2D eigenvalue weighted by Gasteiger charge is 2.21. The van der Waals surface area contributed by atoms with Crippen LogP contribution in [0.15, 0.2) is 23.1 Å². The van der Waals surface area contributed by atoms with Crippen molar-refractivity contribution in [1.82, 2.24) is 0 Å². The van der Waals surface area contributed by atoms with Crippen molar-refractivity contribution in [3.8, 4) is 5.75 Å². The maximum atomic E-state index is 11.3. The van der Waals surface area contributed by atoms with Gasteiger partial charge in [-0.05, 0) is 37.3 Å². The fraction of sp³-hybridized carbons (Fsp3) is 0.538. The summed E-state index contributed by atoms with van der Waals surface area (Å²) in [5.41, 5.74) is 5.83. The number of nitrogens with two attached hydrogens (primary N) is 2. The first kappa shape index (κ1) is 14.1. The van der Waals surface area contributed by atoms with Crippen molar-refractivity contribution in [2.24, 2.45) is 11.1 Å². The Kier molecular flexibility index (Phi) is 4.01. The van der Waals surface area contributed by atoms with E-state index in [1.54, 1.807) is 6.07 Å². The van der Waals surface area contributed by atoms with E-state index in [9.17, 15) is 8.42 Å². The van der Waals surface area contributed by atoms with Gasteiger partial charge in [-0.1, -0.05) is 13.3 Å². The molecule has 6 heteroatoms. The maximum Gasteiger partial charge on any atom is 0.240 e. The number of hydrogen-bond donors (Lipinski definition) is 2. The highest BCUT2D eigenvalue weighted by molar-refractivity contribution is 7.89. The molecule has 106 valence electrons. The van der Waals surface area contributed by atoms with Crippen LogP contribution in [0.25, 0.3) is 0 Å². The molecule has 4 N–H and O–H groups in total. The number of anilines is 1. The fourth-order valence-corrected chi connectivity index (χ4v) is 3.18. The minimum Gasteiger partial charge on any atom is -0.490 e. The quantitative estimate of drug-likeness (QED) is 0.828. The van der Waals surface area contributed by atoms with Gasteiger partial charge in [0.05, 0.1) is 11.8 Å². The van der Waals surface area contributed by atoms with Crippen LogP contribution >= 0.6 is 0 Å². The summed E-state index contributed by atoms with van der Waals surface area (Å²) in [6.45, 7) is 2.22. The van der Waals surface area contributed by atoms with Crippen LogP contribution < -0.4 is 15.6 Å². The van der Waals surface area contributed by atoms with Crippen LogP contribution in [0.5, 0.6) is 5.75 Å². The van der Waals surface area contributed by atoms with E-state index in [1.807, 2.05) is 0 Å². The lowest BCUT2D eigenvalue weighted by molar-refractivity contribution is 0.129. The number of sulfonamides is 1. The second-order valence-electron chi connectivity index (χ2n) is 5.26. The van der Waals surface area contributed by atoms with Crippen LogP contribution in [0.4, 0.5) is 5.69 Å². The Bertz CT molecular complexity index is 557. The van der Waals surface area contributed by atoms with Crippen LogP contribution in [-0.2, 0) is 10.0 Å². The predicted octanol–water partition coefficient (Wildman–Crippen LogP) is 1.87. The van der Waals surface area contributed by atoms with Crippen LogP contribution in [0, 0.1) is 5.92 Å². The molecule has 1 aliphatic carbocycles. The zero-order chi connectivity index (χ0) is 14.0. The standard InChI is InChI=1S/C13H20N2O3S/c1-9-3-2-4-10(7-9)18-11-5-6-13(12(14)8-11)19(15,16)17/h5-6,8-10H,2-4,7,14H2,1H3,(H2,15,16,17). The topological polar surface area (TPSA) is 95.4 Å². The number of nitrogen functional groups attached to an aromatic ring is 1. The molecule has 0 radical (unpaired) electrons. The molecule has 0 aliphatic heterocycles. The van der Waals surface area contributed by atoms with E-state index in [-0.39, 0.29) is 16.7 Å². The molecule has 1 aromatic carbocycles. The van der Waals surface area contributed by atoms with Gasteiger partial charge in [0.25, 0.3) is 0 Å². The molecular weight excluding hydrogens is 264 g/mol. The predicted molar refractivity (Wildman–Crippen MR) is 74.3 cm³/mol.